The van der Waals surface area contributed by atoms with Crippen molar-refractivity contribution >= 4 is 0 Å². The highest BCUT2D eigenvalue weighted by molar-refractivity contribution is 5.33. The van der Waals surface area contributed by atoms with E-state index in [1.54, 1.807) is 0 Å². The molecule has 0 spiro atoms. The number of hydrogen-bond acceptors (Lipinski definition) is 1. The van der Waals surface area contributed by atoms with Crippen LogP contribution in [0.4, 0.5) is 0 Å². The van der Waals surface area contributed by atoms with Crippen molar-refractivity contribution in [3.8, 4) is 0 Å². The van der Waals surface area contributed by atoms with Gasteiger partial charge in [-0.3, -0.25) is 0 Å². The third kappa shape index (κ3) is 1.69. The van der Waals surface area contributed by atoms with Crippen LogP contribution in [0.5, 0.6) is 0 Å². The minimum atomic E-state index is 0.302. The van der Waals surface area contributed by atoms with E-state index in [0.29, 0.717) is 11.5 Å². The zero-order valence-corrected chi connectivity index (χ0v) is 9.30. The molecule has 1 atom stereocenters. The van der Waals surface area contributed by atoms with Gasteiger partial charge in [-0.25, -0.2) is 0 Å². The number of nitrogens with one attached hydrogen (secondary N) is 1. The Morgan fingerprint density at radius 3 is 2.64 bits per heavy atom. The zero-order chi connectivity index (χ0) is 10.2. The second kappa shape index (κ2) is 3.39. The molecule has 0 aromatic heterocycles. The summed E-state index contributed by atoms with van der Waals surface area (Å²) in [7, 11) is 0. The summed E-state index contributed by atoms with van der Waals surface area (Å²) in [6, 6.07) is 9.31. The van der Waals surface area contributed by atoms with Crippen molar-refractivity contribution in [2.45, 2.75) is 33.2 Å². The van der Waals surface area contributed by atoms with Gasteiger partial charge >= 0.3 is 0 Å². The average Bonchev–Trinajstić information content (AvgIpc) is 2.15. The summed E-state index contributed by atoms with van der Waals surface area (Å²) in [6.45, 7) is 8.01. The molecule has 0 radical (unpaired) electrons. The molecule has 0 amide bonds. The molecule has 76 valence electrons. The molecule has 1 aromatic rings. The van der Waals surface area contributed by atoms with E-state index in [4.69, 9.17) is 0 Å². The quantitative estimate of drug-likeness (QED) is 0.661. The van der Waals surface area contributed by atoms with Gasteiger partial charge in [-0.1, -0.05) is 45.0 Å². The lowest BCUT2D eigenvalue weighted by Gasteiger charge is -2.36. The average molecular weight is 189 g/mol. The Hall–Kier alpha value is -0.820. The third-order valence-corrected chi connectivity index (χ3v) is 2.97. The zero-order valence-electron chi connectivity index (χ0n) is 9.30. The lowest BCUT2D eigenvalue weighted by atomic mass is 9.78. The lowest BCUT2D eigenvalue weighted by molar-refractivity contribution is 0.263. The fourth-order valence-electron chi connectivity index (χ4n) is 2.28. The van der Waals surface area contributed by atoms with Crippen LogP contribution in [0.1, 0.15) is 37.9 Å². The Bertz CT molecular complexity index is 322. The Morgan fingerprint density at radius 2 is 1.93 bits per heavy atom. The largest absolute Gasteiger partial charge is 0.309 e. The first kappa shape index (κ1) is 9.72. The first-order chi connectivity index (χ1) is 6.59. The van der Waals surface area contributed by atoms with E-state index in [1.165, 1.54) is 17.5 Å². The van der Waals surface area contributed by atoms with Gasteiger partial charge in [0.2, 0.25) is 0 Å². The van der Waals surface area contributed by atoms with Crippen molar-refractivity contribution in [3.05, 3.63) is 35.4 Å². The maximum atomic E-state index is 3.62. The van der Waals surface area contributed by atoms with Gasteiger partial charge in [-0.05, 0) is 29.5 Å². The molecule has 0 fully saturated rings. The molecule has 1 aliphatic rings. The van der Waals surface area contributed by atoms with Crippen molar-refractivity contribution in [2.24, 2.45) is 5.41 Å². The third-order valence-electron chi connectivity index (χ3n) is 2.97. The highest BCUT2D eigenvalue weighted by Crippen LogP contribution is 2.36. The SMILES string of the molecule is CC(C)(C)[C@H]1NCCc2ccccc21. The smallest absolute Gasteiger partial charge is 0.0372 e. The topological polar surface area (TPSA) is 12.0 Å². The Kier molecular flexibility index (Phi) is 2.36. The number of benzene rings is 1. The van der Waals surface area contributed by atoms with Crippen LogP contribution in [0, 0.1) is 5.41 Å². The molecule has 0 aliphatic carbocycles. The van der Waals surface area contributed by atoms with Crippen LogP contribution in [0.2, 0.25) is 0 Å². The highest BCUT2D eigenvalue weighted by Gasteiger charge is 2.29. The van der Waals surface area contributed by atoms with E-state index < -0.39 is 0 Å². The normalized spacial score (nSPS) is 21.8. The molecule has 0 bridgehead atoms. The van der Waals surface area contributed by atoms with E-state index in [2.05, 4.69) is 50.4 Å². The van der Waals surface area contributed by atoms with E-state index >= 15 is 0 Å². The predicted molar refractivity (Wildman–Crippen MR) is 60.3 cm³/mol. The van der Waals surface area contributed by atoms with Crippen LogP contribution in [-0.2, 0) is 6.42 Å². The van der Waals surface area contributed by atoms with Gasteiger partial charge in [0, 0.05) is 6.04 Å². The first-order valence-electron chi connectivity index (χ1n) is 5.40. The van der Waals surface area contributed by atoms with Gasteiger partial charge in [0.1, 0.15) is 0 Å². The van der Waals surface area contributed by atoms with Crippen LogP contribution in [0.15, 0.2) is 24.3 Å². The van der Waals surface area contributed by atoms with E-state index in [1.807, 2.05) is 0 Å². The highest BCUT2D eigenvalue weighted by atomic mass is 14.9. The fourth-order valence-corrected chi connectivity index (χ4v) is 2.28. The molecule has 0 unspecified atom stereocenters. The molecule has 2 rings (SSSR count). The minimum absolute atomic E-state index is 0.302. The Labute approximate surface area is 86.5 Å². The molecule has 14 heavy (non-hydrogen) atoms. The maximum Gasteiger partial charge on any atom is 0.0372 e. The Balaban J connectivity index is 2.41. The molecular weight excluding hydrogens is 170 g/mol. The lowest BCUT2D eigenvalue weighted by Crippen LogP contribution is -2.37. The van der Waals surface area contributed by atoms with Crippen LogP contribution < -0.4 is 5.32 Å². The molecule has 1 heteroatoms. The van der Waals surface area contributed by atoms with E-state index in [0.717, 1.165) is 6.54 Å². The van der Waals surface area contributed by atoms with Crippen molar-refractivity contribution in [1.82, 2.24) is 5.32 Å². The van der Waals surface area contributed by atoms with Gasteiger partial charge in [0.15, 0.2) is 0 Å². The van der Waals surface area contributed by atoms with Gasteiger partial charge in [0.05, 0.1) is 0 Å². The van der Waals surface area contributed by atoms with Crippen molar-refractivity contribution < 1.29 is 0 Å². The predicted octanol–water partition coefficient (Wildman–Crippen LogP) is 2.92. The van der Waals surface area contributed by atoms with Crippen LogP contribution in [-0.4, -0.2) is 6.54 Å². The van der Waals surface area contributed by atoms with Crippen LogP contribution in [0.25, 0.3) is 0 Å². The molecule has 1 N–H and O–H groups in total. The Morgan fingerprint density at radius 1 is 1.21 bits per heavy atom. The van der Waals surface area contributed by atoms with E-state index in [-0.39, 0.29) is 0 Å². The summed E-state index contributed by atoms with van der Waals surface area (Å²) in [5.41, 5.74) is 3.31. The molecule has 1 heterocycles. The summed E-state index contributed by atoms with van der Waals surface area (Å²) in [4.78, 5) is 0. The summed E-state index contributed by atoms with van der Waals surface area (Å²) in [6.07, 6.45) is 1.17. The van der Waals surface area contributed by atoms with Gasteiger partial charge in [0.25, 0.3) is 0 Å². The molecule has 0 saturated carbocycles. The van der Waals surface area contributed by atoms with Gasteiger partial charge in [-0.15, -0.1) is 0 Å². The summed E-state index contributed by atoms with van der Waals surface area (Å²) < 4.78 is 0. The monoisotopic (exact) mass is 189 g/mol. The van der Waals surface area contributed by atoms with Crippen molar-refractivity contribution in [2.75, 3.05) is 6.54 Å². The van der Waals surface area contributed by atoms with Crippen molar-refractivity contribution in [3.63, 3.8) is 0 Å². The standard InChI is InChI=1S/C13H19N/c1-13(2,3)12-11-7-5-4-6-10(11)8-9-14-12/h4-7,12,14H,8-9H2,1-3H3/t12-/m0/s1. The molecule has 0 saturated heterocycles. The number of hydrogen-bond donors (Lipinski definition) is 1. The number of fused-ring (bicyclic) bond motifs is 1. The van der Waals surface area contributed by atoms with Crippen LogP contribution in [0.3, 0.4) is 0 Å². The second-order valence-electron chi connectivity index (χ2n) is 5.20. The van der Waals surface area contributed by atoms with Crippen molar-refractivity contribution in [1.29, 1.82) is 0 Å². The first-order valence-corrected chi connectivity index (χ1v) is 5.40. The number of rotatable bonds is 0. The molecule has 1 aliphatic heterocycles. The summed E-state index contributed by atoms with van der Waals surface area (Å²) in [5, 5.41) is 3.62. The van der Waals surface area contributed by atoms with Gasteiger partial charge < -0.3 is 5.32 Å². The van der Waals surface area contributed by atoms with Gasteiger partial charge in [-0.2, -0.15) is 0 Å². The molecule has 1 aromatic carbocycles. The fraction of sp³-hybridized carbons (Fsp3) is 0.538. The summed E-state index contributed by atoms with van der Waals surface area (Å²) in [5.74, 6) is 0. The maximum absolute atomic E-state index is 3.62. The van der Waals surface area contributed by atoms with Crippen LogP contribution >= 0.6 is 0 Å². The molecule has 1 nitrogen and oxygen atoms in total. The second-order valence-corrected chi connectivity index (χ2v) is 5.20. The minimum Gasteiger partial charge on any atom is -0.309 e. The molecular formula is C13H19N. The van der Waals surface area contributed by atoms with E-state index in [9.17, 15) is 0 Å². The summed E-state index contributed by atoms with van der Waals surface area (Å²) >= 11 is 0.